The van der Waals surface area contributed by atoms with E-state index in [9.17, 15) is 18.0 Å². The summed E-state index contributed by atoms with van der Waals surface area (Å²) in [4.78, 5) is 27.7. The van der Waals surface area contributed by atoms with Gasteiger partial charge in [-0.15, -0.1) is 0 Å². The van der Waals surface area contributed by atoms with E-state index in [1.54, 1.807) is 37.3 Å². The van der Waals surface area contributed by atoms with Gasteiger partial charge in [-0.3, -0.25) is 9.59 Å². The molecule has 2 aliphatic rings. The second-order valence-corrected chi connectivity index (χ2v) is 10.1. The molecule has 7 nitrogen and oxygen atoms in total. The van der Waals surface area contributed by atoms with Crippen LogP contribution in [0.25, 0.3) is 0 Å². The number of aromatic nitrogens is 1. The summed E-state index contributed by atoms with van der Waals surface area (Å²) in [5.74, 6) is -0.0963. The first kappa shape index (κ1) is 19.8. The predicted molar refractivity (Wildman–Crippen MR) is 109 cm³/mol. The van der Waals surface area contributed by atoms with Crippen LogP contribution in [-0.2, 0) is 10.0 Å². The minimum atomic E-state index is -3.54. The lowest BCUT2D eigenvalue weighted by Crippen LogP contribution is -2.52. The van der Waals surface area contributed by atoms with Gasteiger partial charge in [0.15, 0.2) is 0 Å². The Hall–Kier alpha value is -2.45. The highest BCUT2D eigenvalue weighted by Gasteiger charge is 2.50. The fourth-order valence-electron chi connectivity index (χ4n) is 4.23. The number of hydrogen-bond acceptors (Lipinski definition) is 4. The van der Waals surface area contributed by atoms with Crippen LogP contribution in [0.4, 0.5) is 0 Å². The molecule has 1 aliphatic carbocycles. The quantitative estimate of drug-likeness (QED) is 0.794. The Morgan fingerprint density at radius 1 is 1.14 bits per heavy atom. The van der Waals surface area contributed by atoms with Crippen LogP contribution >= 0.6 is 0 Å². The van der Waals surface area contributed by atoms with Crippen molar-refractivity contribution in [2.45, 2.75) is 38.1 Å². The van der Waals surface area contributed by atoms with Crippen molar-refractivity contribution in [1.29, 1.82) is 0 Å². The molecule has 1 saturated heterocycles. The first-order chi connectivity index (χ1) is 13.7. The molecule has 1 aromatic heterocycles. The molecule has 1 amide bonds. The van der Waals surface area contributed by atoms with E-state index in [-0.39, 0.29) is 23.4 Å². The minimum absolute atomic E-state index is 0.0739. The zero-order valence-electron chi connectivity index (χ0n) is 16.7. The molecule has 29 heavy (non-hydrogen) atoms. The maximum absolute atomic E-state index is 12.9. The molecule has 8 heteroatoms. The number of rotatable bonds is 4. The van der Waals surface area contributed by atoms with Gasteiger partial charge in [0, 0.05) is 24.8 Å². The summed E-state index contributed by atoms with van der Waals surface area (Å²) in [6, 6.07) is 8.34. The van der Waals surface area contributed by atoms with Gasteiger partial charge in [-0.25, -0.2) is 8.42 Å². The lowest BCUT2D eigenvalue weighted by molar-refractivity contribution is 0.0831. The molecule has 2 fully saturated rings. The van der Waals surface area contributed by atoms with E-state index in [4.69, 9.17) is 0 Å². The van der Waals surface area contributed by atoms with Gasteiger partial charge < -0.3 is 10.3 Å². The molecule has 0 spiro atoms. The smallest absolute Gasteiger partial charge is 0.261 e. The highest BCUT2D eigenvalue weighted by Crippen LogP contribution is 2.42. The van der Waals surface area contributed by atoms with Crippen LogP contribution in [0.15, 0.2) is 40.0 Å². The van der Waals surface area contributed by atoms with Gasteiger partial charge in [0.1, 0.15) is 5.56 Å². The molecule has 1 aromatic carbocycles. The zero-order chi connectivity index (χ0) is 20.9. The molecule has 4 rings (SSSR count). The van der Waals surface area contributed by atoms with E-state index in [2.05, 4.69) is 10.3 Å². The van der Waals surface area contributed by atoms with Crippen molar-refractivity contribution in [3.8, 4) is 0 Å². The second-order valence-electron chi connectivity index (χ2n) is 8.19. The first-order valence-electron chi connectivity index (χ1n) is 9.75. The standard InChI is InChI=1S/C21H25N3O4S/c1-12-4-6-16(7-5-12)29(27,28)24-10-15-9-19(18(15)11-24)23-21(26)17-8-13(2)14(3)22-20(17)25/h4-8,15,18-19H,9-11H2,1-3H3,(H,22,25)(H,23,26)/t15-,18+,19+/m1/s1. The number of sulfonamides is 1. The molecule has 0 bridgehead atoms. The summed E-state index contributed by atoms with van der Waals surface area (Å²) < 4.78 is 27.4. The van der Waals surface area contributed by atoms with Crippen molar-refractivity contribution in [3.05, 3.63) is 63.1 Å². The Bertz CT molecular complexity index is 1120. The average Bonchev–Trinajstić information content (AvgIpc) is 3.00. The topological polar surface area (TPSA) is 99.3 Å². The molecule has 154 valence electrons. The molecule has 1 aliphatic heterocycles. The van der Waals surface area contributed by atoms with Crippen LogP contribution in [0.5, 0.6) is 0 Å². The van der Waals surface area contributed by atoms with Gasteiger partial charge in [-0.1, -0.05) is 17.7 Å². The van der Waals surface area contributed by atoms with Gasteiger partial charge in [0.25, 0.3) is 11.5 Å². The average molecular weight is 416 g/mol. The van der Waals surface area contributed by atoms with Gasteiger partial charge in [-0.05, 0) is 62.8 Å². The number of aryl methyl sites for hydroxylation is 3. The van der Waals surface area contributed by atoms with Crippen molar-refractivity contribution >= 4 is 15.9 Å². The van der Waals surface area contributed by atoms with E-state index in [1.807, 2.05) is 13.8 Å². The zero-order valence-corrected chi connectivity index (χ0v) is 17.5. The summed E-state index contributed by atoms with van der Waals surface area (Å²) in [7, 11) is -3.54. The number of carbonyl (C=O) groups is 1. The first-order valence-corrected chi connectivity index (χ1v) is 11.2. The normalized spacial score (nSPS) is 24.0. The number of nitrogens with one attached hydrogen (secondary N) is 2. The van der Waals surface area contributed by atoms with E-state index in [1.165, 1.54) is 4.31 Å². The van der Waals surface area contributed by atoms with Crippen molar-refractivity contribution in [3.63, 3.8) is 0 Å². The lowest BCUT2D eigenvalue weighted by atomic mass is 9.71. The Balaban J connectivity index is 1.45. The van der Waals surface area contributed by atoms with Gasteiger partial charge in [0.2, 0.25) is 10.0 Å². The number of amides is 1. The lowest BCUT2D eigenvalue weighted by Gasteiger charge is -2.39. The number of fused-ring (bicyclic) bond motifs is 1. The van der Waals surface area contributed by atoms with E-state index >= 15 is 0 Å². The highest BCUT2D eigenvalue weighted by atomic mass is 32.2. The number of benzene rings is 1. The summed E-state index contributed by atoms with van der Waals surface area (Å²) >= 11 is 0. The third-order valence-corrected chi connectivity index (χ3v) is 8.10. The predicted octanol–water partition coefficient (Wildman–Crippen LogP) is 1.74. The molecule has 3 atom stereocenters. The van der Waals surface area contributed by atoms with Crippen molar-refractivity contribution in [2.24, 2.45) is 11.8 Å². The van der Waals surface area contributed by atoms with Crippen LogP contribution in [-0.4, -0.2) is 42.7 Å². The summed E-state index contributed by atoms with van der Waals surface area (Å²) in [6.07, 6.45) is 0.721. The van der Waals surface area contributed by atoms with E-state index < -0.39 is 21.5 Å². The molecule has 0 unspecified atom stereocenters. The maximum Gasteiger partial charge on any atom is 0.261 e. The molecular formula is C21H25N3O4S. The van der Waals surface area contributed by atoms with Crippen molar-refractivity contribution < 1.29 is 13.2 Å². The molecule has 1 saturated carbocycles. The molecule has 2 heterocycles. The number of nitrogens with zero attached hydrogens (tertiary/aromatic N) is 1. The summed E-state index contributed by atoms with van der Waals surface area (Å²) in [6.45, 7) is 6.40. The van der Waals surface area contributed by atoms with Gasteiger partial charge in [0.05, 0.1) is 4.90 Å². The fourth-order valence-corrected chi connectivity index (χ4v) is 5.76. The van der Waals surface area contributed by atoms with Gasteiger partial charge >= 0.3 is 0 Å². The van der Waals surface area contributed by atoms with Crippen LogP contribution < -0.4 is 10.9 Å². The van der Waals surface area contributed by atoms with Crippen molar-refractivity contribution in [2.75, 3.05) is 13.1 Å². The fraction of sp³-hybridized carbons (Fsp3) is 0.429. The second kappa shape index (κ2) is 7.11. The van der Waals surface area contributed by atoms with E-state index in [0.29, 0.717) is 18.0 Å². The van der Waals surface area contributed by atoms with Crippen molar-refractivity contribution in [1.82, 2.24) is 14.6 Å². The van der Waals surface area contributed by atoms with E-state index in [0.717, 1.165) is 23.2 Å². The van der Waals surface area contributed by atoms with Crippen LogP contribution in [0, 0.1) is 32.6 Å². The maximum atomic E-state index is 12.9. The largest absolute Gasteiger partial charge is 0.349 e. The Kier molecular flexibility index (Phi) is 4.86. The Labute approximate surface area is 170 Å². The highest BCUT2D eigenvalue weighted by molar-refractivity contribution is 7.89. The molecule has 0 radical (unpaired) electrons. The Morgan fingerprint density at radius 3 is 2.52 bits per heavy atom. The SMILES string of the molecule is Cc1ccc(S(=O)(=O)N2C[C@H]3C[C@H](NC(=O)c4cc(C)c(C)[nH]c4=O)[C@H]3C2)cc1. The summed E-state index contributed by atoms with van der Waals surface area (Å²) in [5, 5.41) is 2.93. The summed E-state index contributed by atoms with van der Waals surface area (Å²) in [5.41, 5.74) is 2.28. The van der Waals surface area contributed by atoms with Crippen LogP contribution in [0.3, 0.4) is 0 Å². The molecule has 2 N–H and O–H groups in total. The number of pyridine rings is 1. The van der Waals surface area contributed by atoms with Crippen LogP contribution in [0.2, 0.25) is 0 Å². The number of carbonyl (C=O) groups excluding carboxylic acids is 1. The number of hydrogen-bond donors (Lipinski definition) is 2. The minimum Gasteiger partial charge on any atom is -0.349 e. The number of aromatic amines is 1. The van der Waals surface area contributed by atoms with Crippen LogP contribution in [0.1, 0.15) is 33.6 Å². The van der Waals surface area contributed by atoms with Gasteiger partial charge in [-0.2, -0.15) is 4.31 Å². The third kappa shape index (κ3) is 3.51. The monoisotopic (exact) mass is 415 g/mol. The Morgan fingerprint density at radius 2 is 1.83 bits per heavy atom. The number of H-pyrrole nitrogens is 1. The molecular weight excluding hydrogens is 390 g/mol. The molecule has 2 aromatic rings. The third-order valence-electron chi connectivity index (χ3n) is 6.25.